The average molecular weight is 460 g/mol. The first-order valence-corrected chi connectivity index (χ1v) is 7.92. The van der Waals surface area contributed by atoms with Crippen LogP contribution in [0.25, 0.3) is 0 Å². The van der Waals surface area contributed by atoms with E-state index in [9.17, 15) is 10.1 Å². The number of halogens is 3. The first kappa shape index (κ1) is 15.5. The van der Waals surface area contributed by atoms with Crippen LogP contribution in [0.4, 0.5) is 0 Å². The molecule has 0 fully saturated rings. The van der Waals surface area contributed by atoms with Crippen molar-refractivity contribution in [3.05, 3.63) is 66.7 Å². The molecule has 2 aromatic rings. The third-order valence-electron chi connectivity index (χ3n) is 2.77. The molecule has 0 radical (unpaired) electrons. The van der Waals surface area contributed by atoms with Crippen molar-refractivity contribution in [1.29, 1.82) is 5.26 Å². The Morgan fingerprint density at radius 3 is 2.70 bits per heavy atom. The third-order valence-corrected chi connectivity index (χ3v) is 4.36. The number of nitriles is 1. The Morgan fingerprint density at radius 2 is 2.05 bits per heavy atom. The van der Waals surface area contributed by atoms with Gasteiger partial charge >= 0.3 is 0 Å². The summed E-state index contributed by atoms with van der Waals surface area (Å²) in [6, 6.07) is 14.4. The second kappa shape index (κ2) is 6.70. The Balaban J connectivity index is 2.45. The molecule has 0 saturated heterocycles. The van der Waals surface area contributed by atoms with Crippen molar-refractivity contribution < 1.29 is 4.79 Å². The maximum absolute atomic E-state index is 12.6. The zero-order chi connectivity index (χ0) is 14.7. The molecule has 0 heterocycles. The van der Waals surface area contributed by atoms with Crippen molar-refractivity contribution in [1.82, 2.24) is 0 Å². The van der Waals surface area contributed by atoms with E-state index < -0.39 is 5.92 Å². The standard InChI is InChI=1S/C15H8BrClINO/c16-14-5-4-11(18)7-12(14)15(20)13(8-19)9-2-1-3-10(17)6-9/h1-7,13H. The van der Waals surface area contributed by atoms with Crippen LogP contribution < -0.4 is 0 Å². The van der Waals surface area contributed by atoms with Crippen LogP contribution in [0.15, 0.2) is 46.9 Å². The van der Waals surface area contributed by atoms with E-state index in [1.807, 2.05) is 6.07 Å². The monoisotopic (exact) mass is 459 g/mol. The van der Waals surface area contributed by atoms with Gasteiger partial charge in [-0.05, 0) is 58.5 Å². The van der Waals surface area contributed by atoms with Gasteiger partial charge in [0.05, 0.1) is 6.07 Å². The number of Topliss-reactive ketones (excluding diaryl/α,β-unsaturated/α-hetero) is 1. The van der Waals surface area contributed by atoms with Crippen molar-refractivity contribution in [2.24, 2.45) is 0 Å². The lowest BCUT2D eigenvalue weighted by molar-refractivity contribution is 0.0978. The lowest BCUT2D eigenvalue weighted by Crippen LogP contribution is -2.12. The Kier molecular flexibility index (Phi) is 5.19. The highest BCUT2D eigenvalue weighted by Gasteiger charge is 2.23. The summed E-state index contributed by atoms with van der Waals surface area (Å²) in [5.74, 6) is -1.09. The molecule has 0 aromatic heterocycles. The molecule has 0 N–H and O–H groups in total. The average Bonchev–Trinajstić information content (AvgIpc) is 2.42. The van der Waals surface area contributed by atoms with Gasteiger partial charge in [-0.25, -0.2) is 0 Å². The van der Waals surface area contributed by atoms with Crippen LogP contribution >= 0.6 is 50.1 Å². The summed E-state index contributed by atoms with van der Waals surface area (Å²) in [7, 11) is 0. The molecule has 0 saturated carbocycles. The summed E-state index contributed by atoms with van der Waals surface area (Å²) in [5, 5.41) is 9.84. The predicted octanol–water partition coefficient (Wildman–Crippen LogP) is 5.20. The minimum Gasteiger partial charge on any atom is -0.292 e. The van der Waals surface area contributed by atoms with Gasteiger partial charge in [0, 0.05) is 18.6 Å². The normalized spacial score (nSPS) is 11.7. The number of benzene rings is 2. The zero-order valence-electron chi connectivity index (χ0n) is 10.1. The molecule has 20 heavy (non-hydrogen) atoms. The van der Waals surface area contributed by atoms with Gasteiger partial charge in [0.1, 0.15) is 5.92 Å². The molecule has 1 atom stereocenters. The Labute approximate surface area is 144 Å². The smallest absolute Gasteiger partial charge is 0.185 e. The molecule has 2 nitrogen and oxygen atoms in total. The number of carbonyl (C=O) groups is 1. The molecule has 5 heteroatoms. The lowest BCUT2D eigenvalue weighted by atomic mass is 9.92. The lowest BCUT2D eigenvalue weighted by Gasteiger charge is -2.11. The fraction of sp³-hybridized carbons (Fsp3) is 0.0667. The van der Waals surface area contributed by atoms with Crippen LogP contribution in [-0.2, 0) is 0 Å². The number of ketones is 1. The molecule has 0 spiro atoms. The minimum absolute atomic E-state index is 0.236. The molecule has 1 unspecified atom stereocenters. The molecule has 0 bridgehead atoms. The summed E-state index contributed by atoms with van der Waals surface area (Å²) in [6.45, 7) is 0. The van der Waals surface area contributed by atoms with Gasteiger partial charge in [0.2, 0.25) is 0 Å². The first-order chi connectivity index (χ1) is 9.52. The molecule has 2 aromatic carbocycles. The van der Waals surface area contributed by atoms with Crippen LogP contribution in [0.3, 0.4) is 0 Å². The van der Waals surface area contributed by atoms with Crippen molar-refractivity contribution in [2.45, 2.75) is 5.92 Å². The van der Waals surface area contributed by atoms with E-state index in [-0.39, 0.29) is 5.78 Å². The van der Waals surface area contributed by atoms with E-state index in [2.05, 4.69) is 44.6 Å². The molecule has 0 aliphatic heterocycles. The Morgan fingerprint density at radius 1 is 1.30 bits per heavy atom. The maximum Gasteiger partial charge on any atom is 0.185 e. The molecular weight excluding hydrogens is 452 g/mol. The van der Waals surface area contributed by atoms with Crippen molar-refractivity contribution >= 4 is 55.9 Å². The van der Waals surface area contributed by atoms with Gasteiger partial charge in [-0.3, -0.25) is 4.79 Å². The molecule has 2 rings (SSSR count). The molecule has 0 aliphatic rings. The van der Waals surface area contributed by atoms with E-state index in [4.69, 9.17) is 11.6 Å². The van der Waals surface area contributed by atoms with Gasteiger partial charge in [-0.15, -0.1) is 0 Å². The highest BCUT2D eigenvalue weighted by Crippen LogP contribution is 2.27. The Hall–Kier alpha value is -0.900. The summed E-state index contributed by atoms with van der Waals surface area (Å²) in [5.41, 5.74) is 1.11. The van der Waals surface area contributed by atoms with E-state index in [1.54, 1.807) is 36.4 Å². The second-order valence-electron chi connectivity index (χ2n) is 4.11. The van der Waals surface area contributed by atoms with E-state index in [0.29, 0.717) is 20.6 Å². The summed E-state index contributed by atoms with van der Waals surface area (Å²) in [6.07, 6.45) is 0. The SMILES string of the molecule is N#CC(C(=O)c1cc(I)ccc1Br)c1cccc(Cl)c1. The first-order valence-electron chi connectivity index (χ1n) is 5.67. The highest BCUT2D eigenvalue weighted by molar-refractivity contribution is 14.1. The van der Waals surface area contributed by atoms with E-state index in [0.717, 1.165) is 3.57 Å². The van der Waals surface area contributed by atoms with Crippen LogP contribution in [0.1, 0.15) is 21.8 Å². The van der Waals surface area contributed by atoms with Crippen LogP contribution in [-0.4, -0.2) is 5.78 Å². The van der Waals surface area contributed by atoms with Gasteiger partial charge in [-0.1, -0.05) is 39.7 Å². The van der Waals surface area contributed by atoms with Gasteiger partial charge < -0.3 is 0 Å². The minimum atomic E-state index is -0.858. The molecule has 0 aliphatic carbocycles. The zero-order valence-corrected chi connectivity index (χ0v) is 14.6. The number of hydrogen-bond acceptors (Lipinski definition) is 2. The third kappa shape index (κ3) is 3.40. The maximum atomic E-state index is 12.6. The number of carbonyl (C=O) groups excluding carboxylic acids is 1. The summed E-state index contributed by atoms with van der Waals surface area (Å²) < 4.78 is 1.63. The van der Waals surface area contributed by atoms with Crippen LogP contribution in [0, 0.1) is 14.9 Å². The summed E-state index contributed by atoms with van der Waals surface area (Å²) >= 11 is 11.4. The quantitative estimate of drug-likeness (QED) is 0.467. The van der Waals surface area contributed by atoms with Crippen molar-refractivity contribution in [2.75, 3.05) is 0 Å². The number of nitrogens with zero attached hydrogens (tertiary/aromatic N) is 1. The van der Waals surface area contributed by atoms with Gasteiger partial charge in [-0.2, -0.15) is 5.26 Å². The predicted molar refractivity (Wildman–Crippen MR) is 91.0 cm³/mol. The Bertz CT molecular complexity index is 711. The van der Waals surface area contributed by atoms with E-state index in [1.165, 1.54) is 0 Å². The molecule has 100 valence electrons. The van der Waals surface area contributed by atoms with Gasteiger partial charge in [0.25, 0.3) is 0 Å². The molecule has 0 amide bonds. The van der Waals surface area contributed by atoms with Gasteiger partial charge in [0.15, 0.2) is 5.78 Å². The van der Waals surface area contributed by atoms with E-state index >= 15 is 0 Å². The second-order valence-corrected chi connectivity index (χ2v) is 6.64. The van der Waals surface area contributed by atoms with Crippen molar-refractivity contribution in [3.63, 3.8) is 0 Å². The number of hydrogen-bond donors (Lipinski definition) is 0. The largest absolute Gasteiger partial charge is 0.292 e. The fourth-order valence-corrected chi connectivity index (χ4v) is 2.94. The fourth-order valence-electron chi connectivity index (χ4n) is 1.81. The van der Waals surface area contributed by atoms with Crippen molar-refractivity contribution in [3.8, 4) is 6.07 Å². The highest BCUT2D eigenvalue weighted by atomic mass is 127. The number of rotatable bonds is 3. The van der Waals surface area contributed by atoms with Crippen LogP contribution in [0.2, 0.25) is 5.02 Å². The topological polar surface area (TPSA) is 40.9 Å². The molecular formula is C15H8BrClINO. The van der Waals surface area contributed by atoms with Crippen LogP contribution in [0.5, 0.6) is 0 Å². The summed E-state index contributed by atoms with van der Waals surface area (Å²) in [4.78, 5) is 12.6.